The van der Waals surface area contributed by atoms with Crippen molar-refractivity contribution in [3.63, 3.8) is 0 Å². The number of ether oxygens (including phenoxy) is 2. The molecule has 2 saturated heterocycles. The molecule has 0 aliphatic carbocycles. The molecule has 0 bridgehead atoms. The van der Waals surface area contributed by atoms with Gasteiger partial charge in [0, 0.05) is 38.6 Å². The summed E-state index contributed by atoms with van der Waals surface area (Å²) in [4.78, 5) is 26.7. The lowest BCUT2D eigenvalue weighted by molar-refractivity contribution is -0.134. The van der Waals surface area contributed by atoms with Gasteiger partial charge in [0.05, 0.1) is 13.7 Å². The maximum absolute atomic E-state index is 14.4. The first kappa shape index (κ1) is 21.6. The van der Waals surface area contributed by atoms with Crippen molar-refractivity contribution in [2.24, 2.45) is 5.92 Å². The Bertz CT molecular complexity index is 740. The maximum Gasteiger partial charge on any atom is 0.222 e. The van der Waals surface area contributed by atoms with Gasteiger partial charge in [-0.3, -0.25) is 9.59 Å². The smallest absolute Gasteiger partial charge is 0.222 e. The summed E-state index contributed by atoms with van der Waals surface area (Å²) in [6.07, 6.45) is 4.25. The van der Waals surface area contributed by atoms with Gasteiger partial charge in [-0.1, -0.05) is 0 Å². The summed E-state index contributed by atoms with van der Waals surface area (Å²) in [5, 5.41) is 3.03. The van der Waals surface area contributed by atoms with Crippen molar-refractivity contribution >= 4 is 11.8 Å². The van der Waals surface area contributed by atoms with E-state index in [-0.39, 0.29) is 17.6 Å². The van der Waals surface area contributed by atoms with Crippen LogP contribution in [0.15, 0.2) is 18.2 Å². The number of nitrogens with zero attached hydrogens (tertiary/aromatic N) is 1. The number of benzene rings is 1. The molecule has 1 N–H and O–H groups in total. The second-order valence-corrected chi connectivity index (χ2v) is 8.27. The summed E-state index contributed by atoms with van der Waals surface area (Å²) in [5.74, 6) is 0.686. The predicted octanol–water partition coefficient (Wildman–Crippen LogP) is 2.69. The van der Waals surface area contributed by atoms with Crippen LogP contribution in [0.2, 0.25) is 0 Å². The fraction of sp³-hybridized carbons (Fsp3) is 0.636. The van der Waals surface area contributed by atoms with Gasteiger partial charge in [-0.2, -0.15) is 0 Å². The predicted molar refractivity (Wildman–Crippen MR) is 107 cm³/mol. The number of hydrogen-bond acceptors (Lipinski definition) is 4. The van der Waals surface area contributed by atoms with E-state index in [9.17, 15) is 14.0 Å². The van der Waals surface area contributed by atoms with Crippen LogP contribution in [0, 0.1) is 11.7 Å². The molecule has 6 nitrogen and oxygen atoms in total. The number of likely N-dealkylation sites (tertiary alicyclic amines) is 1. The summed E-state index contributed by atoms with van der Waals surface area (Å²) >= 11 is 0. The quantitative estimate of drug-likeness (QED) is 0.721. The van der Waals surface area contributed by atoms with E-state index < -0.39 is 5.54 Å². The Morgan fingerprint density at radius 3 is 2.90 bits per heavy atom. The molecule has 7 heteroatoms. The standard InChI is InChI=1S/C22H31FN2O4/c1-28-15-16-4-3-11-25(14-16)21(27)8-10-22(9-7-20(26)24-22)13-17-12-18(29-2)5-6-19(17)23/h5-6,12,16H,3-4,7-11,13-15H2,1-2H3,(H,24,26)/t16-,22-/m0/s1. The van der Waals surface area contributed by atoms with E-state index in [1.54, 1.807) is 19.2 Å². The summed E-state index contributed by atoms with van der Waals surface area (Å²) in [7, 11) is 3.23. The third-order valence-corrected chi connectivity index (χ3v) is 6.11. The molecule has 2 amide bonds. The van der Waals surface area contributed by atoms with Gasteiger partial charge in [0.15, 0.2) is 0 Å². The van der Waals surface area contributed by atoms with E-state index in [1.165, 1.54) is 13.2 Å². The number of hydrogen-bond donors (Lipinski definition) is 1. The monoisotopic (exact) mass is 406 g/mol. The van der Waals surface area contributed by atoms with Crippen molar-refractivity contribution in [3.05, 3.63) is 29.6 Å². The van der Waals surface area contributed by atoms with Crippen LogP contribution < -0.4 is 10.1 Å². The Morgan fingerprint density at radius 1 is 1.38 bits per heavy atom. The highest BCUT2D eigenvalue weighted by atomic mass is 19.1. The molecule has 2 fully saturated rings. The van der Waals surface area contributed by atoms with E-state index in [2.05, 4.69) is 5.32 Å². The molecule has 2 heterocycles. The molecular formula is C22H31FN2O4. The molecule has 2 aliphatic heterocycles. The molecule has 0 saturated carbocycles. The lowest BCUT2D eigenvalue weighted by Gasteiger charge is -2.34. The summed E-state index contributed by atoms with van der Waals surface area (Å²) in [6.45, 7) is 2.15. The molecule has 0 aromatic heterocycles. The number of piperidine rings is 1. The summed E-state index contributed by atoms with van der Waals surface area (Å²) in [6, 6.07) is 4.63. The molecule has 1 aromatic carbocycles. The highest BCUT2D eigenvalue weighted by Gasteiger charge is 2.39. The summed E-state index contributed by atoms with van der Waals surface area (Å²) in [5.41, 5.74) is -0.0982. The Labute approximate surface area is 171 Å². The molecular weight excluding hydrogens is 375 g/mol. The third kappa shape index (κ3) is 5.47. The van der Waals surface area contributed by atoms with E-state index in [4.69, 9.17) is 9.47 Å². The van der Waals surface area contributed by atoms with E-state index in [0.29, 0.717) is 55.9 Å². The van der Waals surface area contributed by atoms with E-state index in [0.717, 1.165) is 25.9 Å². The van der Waals surface area contributed by atoms with Crippen LogP contribution in [0.3, 0.4) is 0 Å². The Hall–Kier alpha value is -2.15. The van der Waals surface area contributed by atoms with Gasteiger partial charge in [0.2, 0.25) is 11.8 Å². The van der Waals surface area contributed by atoms with Crippen molar-refractivity contribution < 1.29 is 23.5 Å². The Balaban J connectivity index is 1.66. The molecule has 1 aromatic rings. The van der Waals surface area contributed by atoms with Crippen molar-refractivity contribution in [2.45, 2.75) is 50.5 Å². The van der Waals surface area contributed by atoms with Crippen LogP contribution in [-0.4, -0.2) is 56.2 Å². The third-order valence-electron chi connectivity index (χ3n) is 6.11. The van der Waals surface area contributed by atoms with Crippen LogP contribution in [0.1, 0.15) is 44.1 Å². The fourth-order valence-electron chi connectivity index (χ4n) is 4.53. The van der Waals surface area contributed by atoms with Crippen LogP contribution in [0.5, 0.6) is 5.75 Å². The van der Waals surface area contributed by atoms with Crippen molar-refractivity contribution in [3.8, 4) is 5.75 Å². The Kier molecular flexibility index (Phi) is 7.11. The zero-order chi connectivity index (χ0) is 20.9. The van der Waals surface area contributed by atoms with Crippen molar-refractivity contribution in [1.29, 1.82) is 0 Å². The van der Waals surface area contributed by atoms with Gasteiger partial charge in [0.1, 0.15) is 11.6 Å². The molecule has 2 aliphatic rings. The van der Waals surface area contributed by atoms with Gasteiger partial charge in [-0.15, -0.1) is 0 Å². The lowest BCUT2D eigenvalue weighted by atomic mass is 9.84. The number of carbonyl (C=O) groups is 2. The van der Waals surface area contributed by atoms with Gasteiger partial charge in [0.25, 0.3) is 0 Å². The van der Waals surface area contributed by atoms with Crippen LogP contribution in [0.4, 0.5) is 4.39 Å². The van der Waals surface area contributed by atoms with Gasteiger partial charge in [-0.25, -0.2) is 4.39 Å². The first-order valence-corrected chi connectivity index (χ1v) is 10.3. The first-order valence-electron chi connectivity index (χ1n) is 10.3. The van der Waals surface area contributed by atoms with Crippen LogP contribution >= 0.6 is 0 Å². The molecule has 0 spiro atoms. The fourth-order valence-corrected chi connectivity index (χ4v) is 4.53. The molecule has 0 unspecified atom stereocenters. The molecule has 3 rings (SSSR count). The van der Waals surface area contributed by atoms with E-state index >= 15 is 0 Å². The number of halogens is 1. The number of nitrogens with one attached hydrogen (secondary N) is 1. The summed E-state index contributed by atoms with van der Waals surface area (Å²) < 4.78 is 24.8. The largest absolute Gasteiger partial charge is 0.497 e. The first-order chi connectivity index (χ1) is 13.9. The topological polar surface area (TPSA) is 67.9 Å². The highest BCUT2D eigenvalue weighted by Crippen LogP contribution is 2.32. The zero-order valence-corrected chi connectivity index (χ0v) is 17.3. The lowest BCUT2D eigenvalue weighted by Crippen LogP contribution is -2.46. The highest BCUT2D eigenvalue weighted by molar-refractivity contribution is 5.80. The minimum atomic E-state index is -0.596. The van der Waals surface area contributed by atoms with Gasteiger partial charge in [-0.05, 0) is 61.8 Å². The SMILES string of the molecule is COC[C@H]1CCCN(C(=O)CC[C@]2(Cc3cc(OC)ccc3F)CCC(=O)N2)C1. The number of rotatable bonds is 8. The van der Waals surface area contributed by atoms with Crippen molar-refractivity contribution in [1.82, 2.24) is 10.2 Å². The van der Waals surface area contributed by atoms with Gasteiger partial charge >= 0.3 is 0 Å². The second-order valence-electron chi connectivity index (χ2n) is 8.27. The second kappa shape index (κ2) is 9.57. The van der Waals surface area contributed by atoms with Crippen molar-refractivity contribution in [2.75, 3.05) is 33.9 Å². The maximum atomic E-state index is 14.4. The molecule has 160 valence electrons. The normalized spacial score (nSPS) is 24.4. The molecule has 2 atom stereocenters. The molecule has 29 heavy (non-hydrogen) atoms. The number of amides is 2. The number of methoxy groups -OCH3 is 2. The van der Waals surface area contributed by atoms with Crippen LogP contribution in [0.25, 0.3) is 0 Å². The minimum absolute atomic E-state index is 0.0427. The average molecular weight is 406 g/mol. The van der Waals surface area contributed by atoms with Gasteiger partial charge < -0.3 is 19.7 Å². The molecule has 0 radical (unpaired) electrons. The zero-order valence-electron chi connectivity index (χ0n) is 17.3. The Morgan fingerprint density at radius 2 is 2.21 bits per heavy atom. The number of carbonyl (C=O) groups excluding carboxylic acids is 2. The van der Waals surface area contributed by atoms with E-state index in [1.807, 2.05) is 4.90 Å². The average Bonchev–Trinajstić information content (AvgIpc) is 3.09. The minimum Gasteiger partial charge on any atom is -0.497 e. The van der Waals surface area contributed by atoms with Crippen LogP contribution in [-0.2, 0) is 20.7 Å².